The van der Waals surface area contributed by atoms with E-state index >= 15 is 0 Å². The number of hydrogen-bond acceptors (Lipinski definition) is 8. The second-order valence-electron chi connectivity index (χ2n) is 18.8. The molecule has 0 saturated carbocycles. The van der Waals surface area contributed by atoms with Crippen LogP contribution >= 0.6 is 0 Å². The number of aliphatic hydroxyl groups excluding tert-OH is 1. The molecule has 5 aromatic rings. The summed E-state index contributed by atoms with van der Waals surface area (Å²) in [7, 11) is -0.158. The molecule has 62 heavy (non-hydrogen) atoms. The molecule has 2 aromatic heterocycles. The summed E-state index contributed by atoms with van der Waals surface area (Å²) in [6.45, 7) is 11.4. The van der Waals surface area contributed by atoms with E-state index in [1.54, 1.807) is 13.8 Å². The highest BCUT2D eigenvalue weighted by molar-refractivity contribution is 6.78. The van der Waals surface area contributed by atoms with Crippen molar-refractivity contribution in [2.75, 3.05) is 20.3 Å². The molecule has 0 aliphatic carbocycles. The summed E-state index contributed by atoms with van der Waals surface area (Å²) in [6.07, 6.45) is 0.878. The van der Waals surface area contributed by atoms with Crippen molar-refractivity contribution >= 4 is 53.7 Å². The number of aromatic nitrogens is 4. The normalized spacial score (nSPS) is 23.0. The lowest BCUT2D eigenvalue weighted by atomic mass is 9.99. The minimum atomic E-state index is -1.47. The van der Waals surface area contributed by atoms with Crippen molar-refractivity contribution in [1.82, 2.24) is 40.4 Å². The van der Waals surface area contributed by atoms with Crippen LogP contribution in [-0.4, -0.2) is 111 Å². The van der Waals surface area contributed by atoms with Crippen molar-refractivity contribution in [1.29, 1.82) is 0 Å². The maximum Gasteiger partial charge on any atom is 0.407 e. The number of imidazole rings is 2. The number of fused-ring (bicyclic) bond motifs is 4. The highest BCUT2D eigenvalue weighted by Gasteiger charge is 2.54. The molecule has 7 atom stereocenters. The Morgan fingerprint density at radius 1 is 0.871 bits per heavy atom. The van der Waals surface area contributed by atoms with Crippen LogP contribution in [0.2, 0.25) is 25.2 Å². The molecular formula is C46H57FN8O6Si. The van der Waals surface area contributed by atoms with Gasteiger partial charge in [-0.15, -0.1) is 0 Å². The molecule has 4 amide bonds. The molecule has 5 N–H and O–H groups in total. The van der Waals surface area contributed by atoms with Crippen molar-refractivity contribution in [3.63, 3.8) is 0 Å². The van der Waals surface area contributed by atoms with E-state index in [1.165, 1.54) is 12.0 Å². The molecule has 2 unspecified atom stereocenters. The fourth-order valence-corrected chi connectivity index (χ4v) is 13.8. The molecule has 0 spiro atoms. The number of methoxy groups -OCH3 is 1. The number of ether oxygens (including phenoxy) is 1. The van der Waals surface area contributed by atoms with Crippen LogP contribution in [0, 0.1) is 17.8 Å². The van der Waals surface area contributed by atoms with Crippen molar-refractivity contribution in [3.05, 3.63) is 72.4 Å². The summed E-state index contributed by atoms with van der Waals surface area (Å²) in [4.78, 5) is 72.4. The molecule has 328 valence electrons. The number of carbonyl (C=O) groups excluding carboxylic acids is 4. The van der Waals surface area contributed by atoms with Gasteiger partial charge in [0, 0.05) is 25.9 Å². The van der Waals surface area contributed by atoms with E-state index in [0.29, 0.717) is 11.7 Å². The number of H-pyrrole nitrogens is 2. The van der Waals surface area contributed by atoms with Gasteiger partial charge in [-0.2, -0.15) is 0 Å². The monoisotopic (exact) mass is 864 g/mol. The fraction of sp³-hybridized carbons (Fsp3) is 0.478. The third-order valence-electron chi connectivity index (χ3n) is 13.2. The smallest absolute Gasteiger partial charge is 0.407 e. The largest absolute Gasteiger partial charge is 0.453 e. The van der Waals surface area contributed by atoms with Gasteiger partial charge in [-0.3, -0.25) is 14.4 Å². The summed E-state index contributed by atoms with van der Waals surface area (Å²) in [6, 6.07) is 18.2. The average molecular weight is 865 g/mol. The van der Waals surface area contributed by atoms with Gasteiger partial charge in [0.05, 0.1) is 48.7 Å². The first-order chi connectivity index (χ1) is 29.5. The summed E-state index contributed by atoms with van der Waals surface area (Å²) >= 11 is 0. The number of likely N-dealkylation sites (tertiary alicyclic amines) is 2. The van der Waals surface area contributed by atoms with E-state index in [9.17, 15) is 28.7 Å². The van der Waals surface area contributed by atoms with Crippen LogP contribution in [0.4, 0.5) is 9.18 Å². The molecule has 3 saturated heterocycles. The zero-order chi connectivity index (χ0) is 44.2. The Kier molecular flexibility index (Phi) is 11.8. The maximum absolute atomic E-state index is 15.0. The molecule has 0 radical (unpaired) electrons. The van der Waals surface area contributed by atoms with Gasteiger partial charge in [0.15, 0.2) is 0 Å². The van der Waals surface area contributed by atoms with Crippen molar-refractivity contribution in [2.45, 2.75) is 102 Å². The number of benzene rings is 3. The second kappa shape index (κ2) is 16.9. The number of amides is 4. The predicted octanol–water partition coefficient (Wildman–Crippen LogP) is 6.88. The summed E-state index contributed by atoms with van der Waals surface area (Å²) in [5.74, 6) is 0.0604. The molecule has 3 aliphatic rings. The Hall–Kier alpha value is -5.61. The van der Waals surface area contributed by atoms with Gasteiger partial charge in [0.25, 0.3) is 0 Å². The van der Waals surface area contributed by atoms with Gasteiger partial charge in [-0.05, 0) is 64.4 Å². The number of halogens is 1. The number of nitrogens with zero attached hydrogens (tertiary/aromatic N) is 4. The first-order valence-corrected chi connectivity index (χ1v) is 25.1. The molecule has 3 aromatic carbocycles. The van der Waals surface area contributed by atoms with Gasteiger partial charge < -0.3 is 40.2 Å². The van der Waals surface area contributed by atoms with E-state index < -0.39 is 56.9 Å². The molecular weight excluding hydrogens is 808 g/mol. The van der Waals surface area contributed by atoms with Crippen LogP contribution in [0.1, 0.15) is 64.3 Å². The molecule has 3 aliphatic heterocycles. The first-order valence-electron chi connectivity index (χ1n) is 21.6. The number of hydrogen-bond donors (Lipinski definition) is 5. The molecule has 14 nitrogen and oxygen atoms in total. The van der Waals surface area contributed by atoms with Gasteiger partial charge in [-0.1, -0.05) is 89.3 Å². The zero-order valence-electron chi connectivity index (χ0n) is 36.4. The number of aliphatic hydroxyl groups is 1. The Balaban J connectivity index is 1.01. The van der Waals surface area contributed by atoms with Crippen LogP contribution in [0.5, 0.6) is 0 Å². The molecule has 5 heterocycles. The second-order valence-corrected chi connectivity index (χ2v) is 24.0. The van der Waals surface area contributed by atoms with Crippen molar-refractivity contribution in [2.24, 2.45) is 17.8 Å². The van der Waals surface area contributed by atoms with E-state index in [-0.39, 0.29) is 42.8 Å². The van der Waals surface area contributed by atoms with Gasteiger partial charge in [0.2, 0.25) is 17.7 Å². The average Bonchev–Trinajstić information content (AvgIpc) is 4.08. The molecule has 16 heteroatoms. The molecule has 0 bridgehead atoms. The topological polar surface area (TPSA) is 186 Å². The number of alkyl halides is 1. The van der Waals surface area contributed by atoms with Gasteiger partial charge in [0.1, 0.15) is 36.5 Å². The summed E-state index contributed by atoms with van der Waals surface area (Å²) in [5, 5.41) is 16.5. The number of nitrogens with one attached hydrogen (secondary N) is 4. The van der Waals surface area contributed by atoms with Crippen LogP contribution < -0.4 is 10.6 Å². The highest BCUT2D eigenvalue weighted by atomic mass is 28.3. The van der Waals surface area contributed by atoms with Crippen LogP contribution in [-0.2, 0) is 19.1 Å². The maximum atomic E-state index is 15.0. The minimum absolute atomic E-state index is 0.0799. The Morgan fingerprint density at radius 3 is 2.26 bits per heavy atom. The van der Waals surface area contributed by atoms with E-state index in [1.807, 2.05) is 49.2 Å². The van der Waals surface area contributed by atoms with Crippen molar-refractivity contribution in [3.8, 4) is 22.4 Å². The SMILES string of the molecule is COC(=O)N[C@H](C(=O)N1C2C[Si](C)(C)CC2C[C@H]1c1ncc(-c2ccc(-c3ccc4c(ccc5[nH]c([C@@H]6C[C@@H](F)CN6C(=O)[C@@H](NC(=O)CO)C(C)C)nc54)c3)cc2)[nH]1)C(C)C. The summed E-state index contributed by atoms with van der Waals surface area (Å²) in [5.41, 5.74) is 5.33. The van der Waals surface area contributed by atoms with Gasteiger partial charge >= 0.3 is 6.09 Å². The third-order valence-corrected chi connectivity index (χ3v) is 16.3. The zero-order valence-corrected chi connectivity index (χ0v) is 37.4. The molecule has 8 rings (SSSR count). The number of carbonyl (C=O) groups is 4. The number of alkyl carbamates (subject to hydrolysis) is 1. The van der Waals surface area contributed by atoms with Crippen LogP contribution in [0.15, 0.2) is 60.8 Å². The first kappa shape index (κ1) is 43.1. The van der Waals surface area contributed by atoms with Crippen molar-refractivity contribution < 1.29 is 33.4 Å². The Labute approximate surface area is 361 Å². The number of aromatic amines is 2. The van der Waals surface area contributed by atoms with E-state index in [4.69, 9.17) is 14.7 Å². The third kappa shape index (κ3) is 8.21. The summed E-state index contributed by atoms with van der Waals surface area (Å²) < 4.78 is 19.8. The quantitative estimate of drug-likeness (QED) is 0.0890. The van der Waals surface area contributed by atoms with Crippen LogP contribution in [0.25, 0.3) is 44.2 Å². The van der Waals surface area contributed by atoms with E-state index in [2.05, 4.69) is 64.0 Å². The molecule has 3 fully saturated rings. The van der Waals surface area contributed by atoms with E-state index in [0.717, 1.165) is 68.5 Å². The Bertz CT molecular complexity index is 2500. The number of rotatable bonds is 11. The highest BCUT2D eigenvalue weighted by Crippen LogP contribution is 2.51. The Morgan fingerprint density at radius 2 is 1.56 bits per heavy atom. The minimum Gasteiger partial charge on any atom is -0.453 e. The van der Waals surface area contributed by atoms with Crippen LogP contribution in [0.3, 0.4) is 0 Å². The lowest BCUT2D eigenvalue weighted by Crippen LogP contribution is -2.53. The lowest BCUT2D eigenvalue weighted by molar-refractivity contribution is -0.139. The predicted molar refractivity (Wildman–Crippen MR) is 237 cm³/mol. The fourth-order valence-electron chi connectivity index (χ4n) is 10.1. The van der Waals surface area contributed by atoms with Gasteiger partial charge in [-0.25, -0.2) is 19.2 Å². The lowest BCUT2D eigenvalue weighted by Gasteiger charge is -2.34. The standard InChI is InChI=1S/C46H57FN8O6Si/c1-24(2)39(51-38(57)21-56)44(58)54-20-31(47)18-35(54)43-49-33-15-13-29-16-28(12-14-32(29)41(33)52-43)26-8-10-27(11-9-26)34-19-48-42(50-34)36-17-30-22-62(6,7)23-37(30)55(36)45(59)40(25(3)4)53-46(60)61-5/h8-16,19,24-25,30-31,35-37,39-40,56H,17-18,20-23H2,1-7H3,(H,48,50)(H,49,52)(H,51,57)(H,53,60)/t30?,31-,35+,36+,37?,39+,40+/m1/s1.